The number of morpholine rings is 1. The minimum Gasteiger partial charge on any atom is -0.480 e. The van der Waals surface area contributed by atoms with E-state index in [1.54, 1.807) is 0 Å². The molecular weight excluding hydrogens is 277 g/mol. The Labute approximate surface area is 113 Å². The van der Waals surface area contributed by atoms with Gasteiger partial charge in [-0.05, 0) is 12.1 Å². The first kappa shape index (κ1) is 13.8. The molecule has 0 radical (unpaired) electrons. The number of hydrogen-bond donors (Lipinski definition) is 1. The van der Waals surface area contributed by atoms with Crippen molar-refractivity contribution in [1.29, 1.82) is 0 Å². The van der Waals surface area contributed by atoms with Crippen LogP contribution in [0.1, 0.15) is 10.4 Å². The molecule has 1 unspecified atom stereocenters. The predicted octanol–water partition coefficient (Wildman–Crippen LogP) is 1.40. The number of carbonyl (C=O) groups excluding carboxylic acids is 1. The highest BCUT2D eigenvalue weighted by Crippen LogP contribution is 2.22. The van der Waals surface area contributed by atoms with Gasteiger partial charge in [0.1, 0.15) is 5.82 Å². The summed E-state index contributed by atoms with van der Waals surface area (Å²) in [7, 11) is 0. The molecular formula is C12H11ClFNO4. The second kappa shape index (κ2) is 5.54. The fraction of sp³-hybridized carbons (Fsp3) is 0.333. The number of benzene rings is 1. The highest BCUT2D eigenvalue weighted by atomic mass is 35.5. The van der Waals surface area contributed by atoms with E-state index in [4.69, 9.17) is 21.4 Å². The van der Waals surface area contributed by atoms with E-state index in [0.29, 0.717) is 0 Å². The van der Waals surface area contributed by atoms with Crippen molar-refractivity contribution in [3.63, 3.8) is 0 Å². The molecule has 7 heteroatoms. The fourth-order valence-electron chi connectivity index (χ4n) is 1.90. The molecule has 1 aromatic carbocycles. The van der Waals surface area contributed by atoms with Crippen LogP contribution in [0.5, 0.6) is 0 Å². The van der Waals surface area contributed by atoms with Gasteiger partial charge in [0.25, 0.3) is 5.91 Å². The lowest BCUT2D eigenvalue weighted by Crippen LogP contribution is -2.52. The predicted molar refractivity (Wildman–Crippen MR) is 64.7 cm³/mol. The number of halogens is 2. The van der Waals surface area contributed by atoms with E-state index < -0.39 is 23.7 Å². The van der Waals surface area contributed by atoms with Crippen molar-refractivity contribution < 1.29 is 23.8 Å². The first-order valence-electron chi connectivity index (χ1n) is 5.58. The Morgan fingerprint density at radius 1 is 1.47 bits per heavy atom. The Bertz CT molecular complexity index is 502. The number of nitrogens with zero attached hydrogens (tertiary/aromatic N) is 1. The summed E-state index contributed by atoms with van der Waals surface area (Å²) in [5.41, 5.74) is -0.308. The van der Waals surface area contributed by atoms with Crippen LogP contribution in [0.4, 0.5) is 4.39 Å². The van der Waals surface area contributed by atoms with Gasteiger partial charge >= 0.3 is 5.97 Å². The average molecular weight is 288 g/mol. The molecule has 5 nitrogen and oxygen atoms in total. The van der Waals surface area contributed by atoms with Gasteiger partial charge in [-0.1, -0.05) is 17.7 Å². The van der Waals surface area contributed by atoms with E-state index in [1.165, 1.54) is 12.1 Å². The molecule has 0 aromatic heterocycles. The number of ether oxygens (including phenoxy) is 1. The molecule has 1 aliphatic heterocycles. The van der Waals surface area contributed by atoms with E-state index in [2.05, 4.69) is 0 Å². The van der Waals surface area contributed by atoms with E-state index in [9.17, 15) is 14.0 Å². The van der Waals surface area contributed by atoms with Crippen LogP contribution in [-0.2, 0) is 9.53 Å². The molecule has 1 fully saturated rings. The molecule has 0 bridgehead atoms. The molecule has 1 aromatic rings. The van der Waals surface area contributed by atoms with E-state index in [-0.39, 0.29) is 30.3 Å². The zero-order valence-electron chi connectivity index (χ0n) is 9.81. The molecule has 102 valence electrons. The van der Waals surface area contributed by atoms with Gasteiger partial charge in [0, 0.05) is 6.54 Å². The first-order chi connectivity index (χ1) is 9.02. The van der Waals surface area contributed by atoms with Crippen LogP contribution in [0.15, 0.2) is 18.2 Å². The molecule has 2 rings (SSSR count). The van der Waals surface area contributed by atoms with Crippen LogP contribution in [0, 0.1) is 5.82 Å². The summed E-state index contributed by atoms with van der Waals surface area (Å²) in [5, 5.41) is 9.00. The quantitative estimate of drug-likeness (QED) is 0.893. The van der Waals surface area contributed by atoms with Crippen molar-refractivity contribution in [3.05, 3.63) is 34.6 Å². The summed E-state index contributed by atoms with van der Waals surface area (Å²) in [6, 6.07) is 2.74. The van der Waals surface area contributed by atoms with Crippen LogP contribution in [0.25, 0.3) is 0 Å². The zero-order valence-corrected chi connectivity index (χ0v) is 10.6. The van der Waals surface area contributed by atoms with Crippen molar-refractivity contribution in [3.8, 4) is 0 Å². The molecule has 1 aliphatic rings. The standard InChI is InChI=1S/C12H11ClFNO4/c13-7-2-1-3-8(14)10(7)11(16)15-4-5-19-6-9(15)12(17)18/h1-3,9H,4-6H2,(H,17,18). The van der Waals surface area contributed by atoms with Gasteiger partial charge in [0.2, 0.25) is 0 Å². The van der Waals surface area contributed by atoms with E-state index in [1.807, 2.05) is 0 Å². The fourth-order valence-corrected chi connectivity index (χ4v) is 2.14. The zero-order chi connectivity index (χ0) is 14.0. The maximum atomic E-state index is 13.7. The molecule has 1 saturated heterocycles. The van der Waals surface area contributed by atoms with Gasteiger partial charge in [0.15, 0.2) is 6.04 Å². The third-order valence-corrected chi connectivity index (χ3v) is 3.17. The molecule has 0 aliphatic carbocycles. The van der Waals surface area contributed by atoms with Crippen LogP contribution in [0.3, 0.4) is 0 Å². The summed E-state index contributed by atoms with van der Waals surface area (Å²) in [5.74, 6) is -2.70. The van der Waals surface area contributed by atoms with Crippen LogP contribution < -0.4 is 0 Å². The molecule has 0 spiro atoms. The SMILES string of the molecule is O=C(O)C1COCCN1C(=O)c1c(F)cccc1Cl. The largest absolute Gasteiger partial charge is 0.480 e. The lowest BCUT2D eigenvalue weighted by atomic mass is 10.1. The highest BCUT2D eigenvalue weighted by molar-refractivity contribution is 6.33. The second-order valence-electron chi connectivity index (χ2n) is 4.02. The third kappa shape index (κ3) is 2.69. The van der Waals surface area contributed by atoms with Crippen molar-refractivity contribution in [1.82, 2.24) is 4.90 Å². The minimum atomic E-state index is -1.19. The van der Waals surface area contributed by atoms with Crippen molar-refractivity contribution in [2.45, 2.75) is 6.04 Å². The van der Waals surface area contributed by atoms with Crippen molar-refractivity contribution in [2.24, 2.45) is 0 Å². The molecule has 1 atom stereocenters. The summed E-state index contributed by atoms with van der Waals surface area (Å²) in [4.78, 5) is 24.4. The van der Waals surface area contributed by atoms with Crippen LogP contribution in [0.2, 0.25) is 5.02 Å². The highest BCUT2D eigenvalue weighted by Gasteiger charge is 2.34. The molecule has 1 amide bonds. The smallest absolute Gasteiger partial charge is 0.328 e. The maximum Gasteiger partial charge on any atom is 0.328 e. The second-order valence-corrected chi connectivity index (χ2v) is 4.43. The Hall–Kier alpha value is -1.66. The third-order valence-electron chi connectivity index (χ3n) is 2.85. The van der Waals surface area contributed by atoms with Gasteiger partial charge in [-0.25, -0.2) is 9.18 Å². The first-order valence-corrected chi connectivity index (χ1v) is 5.95. The van der Waals surface area contributed by atoms with Gasteiger partial charge in [0.05, 0.1) is 23.8 Å². The molecule has 1 heterocycles. The van der Waals surface area contributed by atoms with E-state index in [0.717, 1.165) is 11.0 Å². The van der Waals surface area contributed by atoms with Crippen molar-refractivity contribution in [2.75, 3.05) is 19.8 Å². The monoisotopic (exact) mass is 287 g/mol. The Morgan fingerprint density at radius 3 is 2.84 bits per heavy atom. The molecule has 1 N–H and O–H groups in total. The number of amides is 1. The maximum absolute atomic E-state index is 13.7. The van der Waals surface area contributed by atoms with E-state index >= 15 is 0 Å². The summed E-state index contributed by atoms with van der Waals surface area (Å²) >= 11 is 5.80. The molecule has 0 saturated carbocycles. The normalized spacial score (nSPS) is 19.3. The van der Waals surface area contributed by atoms with Gasteiger partial charge < -0.3 is 14.7 Å². The average Bonchev–Trinajstić information content (AvgIpc) is 2.38. The number of rotatable bonds is 2. The lowest BCUT2D eigenvalue weighted by Gasteiger charge is -2.33. The Balaban J connectivity index is 2.34. The number of hydrogen-bond acceptors (Lipinski definition) is 3. The minimum absolute atomic E-state index is 0.0411. The van der Waals surface area contributed by atoms with Crippen LogP contribution >= 0.6 is 11.6 Å². The summed E-state index contributed by atoms with van der Waals surface area (Å²) < 4.78 is 18.7. The van der Waals surface area contributed by atoms with Crippen molar-refractivity contribution >= 4 is 23.5 Å². The van der Waals surface area contributed by atoms with Gasteiger partial charge in [-0.3, -0.25) is 4.79 Å². The number of carboxylic acids is 1. The Kier molecular flexibility index (Phi) is 4.01. The Morgan fingerprint density at radius 2 is 2.21 bits per heavy atom. The number of aliphatic carboxylic acids is 1. The molecule has 19 heavy (non-hydrogen) atoms. The number of carbonyl (C=O) groups is 2. The van der Waals surface area contributed by atoms with Crippen LogP contribution in [-0.4, -0.2) is 47.7 Å². The lowest BCUT2D eigenvalue weighted by molar-refractivity contribution is -0.147. The number of carboxylic acid groups (broad SMARTS) is 1. The topological polar surface area (TPSA) is 66.8 Å². The van der Waals surface area contributed by atoms with Gasteiger partial charge in [-0.2, -0.15) is 0 Å². The summed E-state index contributed by atoms with van der Waals surface area (Å²) in [6.45, 7) is 0.176. The summed E-state index contributed by atoms with van der Waals surface area (Å²) in [6.07, 6.45) is 0. The van der Waals surface area contributed by atoms with Gasteiger partial charge in [-0.15, -0.1) is 0 Å².